The molecule has 0 fully saturated rings. The first-order valence-electron chi connectivity index (χ1n) is 11.3. The molecule has 1 N–H and O–H groups in total. The molecule has 4 aromatic rings. The van der Waals surface area contributed by atoms with E-state index in [1.165, 1.54) is 0 Å². The van der Waals surface area contributed by atoms with E-state index in [4.69, 9.17) is 33.0 Å². The van der Waals surface area contributed by atoms with E-state index >= 15 is 0 Å². The van der Waals surface area contributed by atoms with E-state index in [-0.39, 0.29) is 17.7 Å². The van der Waals surface area contributed by atoms with E-state index in [2.05, 4.69) is 25.2 Å². The number of nitrogens with zero attached hydrogens (tertiary/aromatic N) is 2. The van der Waals surface area contributed by atoms with Crippen LogP contribution in [0.15, 0.2) is 54.7 Å². The molecule has 3 heterocycles. The van der Waals surface area contributed by atoms with Gasteiger partial charge < -0.3 is 10.1 Å². The molecule has 2 aromatic heterocycles. The molecule has 2 aromatic carbocycles. The predicted octanol–water partition coefficient (Wildman–Crippen LogP) is 7.24. The second-order valence-corrected chi connectivity index (χ2v) is 9.85. The molecule has 1 atom stereocenters. The van der Waals surface area contributed by atoms with Crippen LogP contribution in [0.3, 0.4) is 0 Å². The third-order valence-electron chi connectivity index (χ3n) is 6.28. The minimum Gasteiger partial charge on any atom is -0.493 e. The van der Waals surface area contributed by atoms with Crippen LogP contribution in [0.4, 0.5) is 5.69 Å². The Morgan fingerprint density at radius 1 is 1.15 bits per heavy atom. The van der Waals surface area contributed by atoms with E-state index < -0.39 is 0 Å². The summed E-state index contributed by atoms with van der Waals surface area (Å²) in [5.41, 5.74) is 6.50. The van der Waals surface area contributed by atoms with Gasteiger partial charge in [-0.05, 0) is 55.2 Å². The number of rotatable bonds is 4. The molecule has 0 aliphatic carbocycles. The number of hydrogen-bond donors (Lipinski definition) is 1. The molecular weight excluding hydrogens is 469 g/mol. The number of ether oxygens (including phenoxy) is 1. The Bertz CT molecular complexity index is 1390. The Morgan fingerprint density at radius 3 is 2.62 bits per heavy atom. The van der Waals surface area contributed by atoms with Crippen molar-refractivity contribution in [2.24, 2.45) is 0 Å². The summed E-state index contributed by atoms with van der Waals surface area (Å²) in [4.78, 5) is 13.4. The number of anilines is 1. The minimum atomic E-state index is -0.265. The Balaban J connectivity index is 1.57. The molecule has 0 spiro atoms. The number of carbonyl (C=O) groups excluding carboxylic acids is 1. The van der Waals surface area contributed by atoms with Crippen LogP contribution in [0.1, 0.15) is 48.8 Å². The van der Waals surface area contributed by atoms with Gasteiger partial charge in [0.15, 0.2) is 0 Å². The van der Waals surface area contributed by atoms with Crippen LogP contribution in [0.5, 0.6) is 5.75 Å². The first-order valence-corrected chi connectivity index (χ1v) is 12.1. The van der Waals surface area contributed by atoms with Crippen molar-refractivity contribution in [2.45, 2.75) is 39.0 Å². The number of amides is 1. The number of carbonyl (C=O) groups is 1. The number of nitrogens with one attached hydrogen (secondary N) is 1. The maximum Gasteiger partial charge on any atom is 0.232 e. The summed E-state index contributed by atoms with van der Waals surface area (Å²) < 4.78 is 7.64. The van der Waals surface area contributed by atoms with Crippen molar-refractivity contribution in [2.75, 3.05) is 11.9 Å². The Morgan fingerprint density at radius 2 is 1.88 bits per heavy atom. The van der Waals surface area contributed by atoms with Crippen molar-refractivity contribution in [3.63, 3.8) is 0 Å². The van der Waals surface area contributed by atoms with E-state index in [1.807, 2.05) is 47.8 Å². The summed E-state index contributed by atoms with van der Waals surface area (Å²) in [7, 11) is 0. The molecule has 1 amide bonds. The van der Waals surface area contributed by atoms with Gasteiger partial charge in [-0.15, -0.1) is 0 Å². The van der Waals surface area contributed by atoms with Gasteiger partial charge in [0.2, 0.25) is 5.91 Å². The lowest BCUT2D eigenvalue weighted by molar-refractivity contribution is -0.118. The van der Waals surface area contributed by atoms with E-state index in [1.54, 1.807) is 12.3 Å². The molecule has 174 valence electrons. The highest BCUT2D eigenvalue weighted by atomic mass is 35.5. The topological polar surface area (TPSA) is 55.6 Å². The zero-order chi connectivity index (χ0) is 24.0. The van der Waals surface area contributed by atoms with Crippen LogP contribution in [0, 0.1) is 6.92 Å². The minimum absolute atomic E-state index is 0.0473. The third-order valence-corrected chi connectivity index (χ3v) is 6.72. The number of para-hydroxylation sites is 1. The van der Waals surface area contributed by atoms with Gasteiger partial charge in [-0.25, -0.2) is 4.52 Å². The third kappa shape index (κ3) is 4.04. The molecule has 1 aliphatic heterocycles. The van der Waals surface area contributed by atoms with Crippen LogP contribution in [0.2, 0.25) is 10.0 Å². The van der Waals surface area contributed by atoms with Gasteiger partial charge in [-0.1, -0.05) is 55.2 Å². The first kappa shape index (κ1) is 22.8. The SMILES string of the molecule is Cc1cc2c(C(C)C)c(NC(=O)C3CCOc4ccccc43)cnn2c1-c1cc(Cl)cc(Cl)c1. The lowest BCUT2D eigenvalue weighted by atomic mass is 9.92. The molecule has 5 rings (SSSR count). The molecule has 0 saturated heterocycles. The normalized spacial score (nSPS) is 15.3. The molecular formula is C27H25Cl2N3O2. The molecule has 34 heavy (non-hydrogen) atoms. The van der Waals surface area contributed by atoms with Crippen LogP contribution in [-0.2, 0) is 4.79 Å². The molecule has 0 bridgehead atoms. The van der Waals surface area contributed by atoms with Crippen molar-refractivity contribution >= 4 is 40.3 Å². The van der Waals surface area contributed by atoms with Crippen molar-refractivity contribution in [1.82, 2.24) is 9.61 Å². The van der Waals surface area contributed by atoms with Crippen molar-refractivity contribution in [1.29, 1.82) is 0 Å². The second-order valence-electron chi connectivity index (χ2n) is 8.97. The summed E-state index contributed by atoms with van der Waals surface area (Å²) >= 11 is 12.5. The van der Waals surface area contributed by atoms with Crippen molar-refractivity contribution in [3.8, 4) is 17.0 Å². The fraction of sp³-hybridized carbons (Fsp3) is 0.259. The lowest BCUT2D eigenvalue weighted by Crippen LogP contribution is -2.27. The molecule has 7 heteroatoms. The average molecular weight is 494 g/mol. The molecule has 5 nitrogen and oxygen atoms in total. The van der Waals surface area contributed by atoms with Gasteiger partial charge in [0.25, 0.3) is 0 Å². The number of hydrogen-bond acceptors (Lipinski definition) is 3. The fourth-order valence-electron chi connectivity index (χ4n) is 4.84. The Hall–Kier alpha value is -3.02. The number of benzene rings is 2. The maximum absolute atomic E-state index is 13.4. The van der Waals surface area contributed by atoms with Gasteiger partial charge >= 0.3 is 0 Å². The highest BCUT2D eigenvalue weighted by Gasteiger charge is 2.29. The van der Waals surface area contributed by atoms with Crippen LogP contribution in [-0.4, -0.2) is 22.1 Å². The van der Waals surface area contributed by atoms with Crippen LogP contribution < -0.4 is 10.1 Å². The van der Waals surface area contributed by atoms with E-state index in [0.29, 0.717) is 23.1 Å². The highest BCUT2D eigenvalue weighted by Crippen LogP contribution is 2.38. The summed E-state index contributed by atoms with van der Waals surface area (Å²) in [6.45, 7) is 6.80. The quantitative estimate of drug-likeness (QED) is 0.325. The predicted molar refractivity (Wildman–Crippen MR) is 137 cm³/mol. The molecule has 1 aliphatic rings. The number of aromatic nitrogens is 2. The number of halogens is 2. The van der Waals surface area contributed by atoms with Crippen molar-refractivity contribution < 1.29 is 9.53 Å². The van der Waals surface area contributed by atoms with Crippen molar-refractivity contribution in [3.05, 3.63) is 81.5 Å². The van der Waals surface area contributed by atoms with Gasteiger partial charge in [0, 0.05) is 26.7 Å². The average Bonchev–Trinajstić information content (AvgIpc) is 3.13. The summed E-state index contributed by atoms with van der Waals surface area (Å²) in [6, 6.07) is 15.3. The summed E-state index contributed by atoms with van der Waals surface area (Å²) in [5, 5.41) is 9.02. The van der Waals surface area contributed by atoms with E-state index in [0.717, 1.165) is 44.9 Å². The zero-order valence-corrected chi connectivity index (χ0v) is 20.7. The number of fused-ring (bicyclic) bond motifs is 2. The van der Waals surface area contributed by atoms with Crippen LogP contribution in [0.25, 0.3) is 16.8 Å². The maximum atomic E-state index is 13.4. The fourth-order valence-corrected chi connectivity index (χ4v) is 5.36. The smallest absolute Gasteiger partial charge is 0.232 e. The summed E-state index contributed by atoms with van der Waals surface area (Å²) in [5.74, 6) is 0.624. The van der Waals surface area contributed by atoms with Gasteiger partial charge in [0.05, 0.1) is 35.6 Å². The molecule has 1 unspecified atom stereocenters. The number of aryl methyl sites for hydroxylation is 1. The monoisotopic (exact) mass is 493 g/mol. The molecule has 0 saturated carbocycles. The van der Waals surface area contributed by atoms with Gasteiger partial charge in [-0.3, -0.25) is 4.79 Å². The molecule has 0 radical (unpaired) electrons. The van der Waals surface area contributed by atoms with E-state index in [9.17, 15) is 4.79 Å². The summed E-state index contributed by atoms with van der Waals surface area (Å²) in [6.07, 6.45) is 2.37. The van der Waals surface area contributed by atoms with Crippen LogP contribution >= 0.6 is 23.2 Å². The standard InChI is InChI=1S/C27H25Cl2N3O2/c1-15(2)25-22(31-27(33)21-8-9-34-24-7-5-4-6-20(21)24)14-30-32-23(25)10-16(3)26(32)17-11-18(28)13-19(29)12-17/h4-7,10-15,21H,8-9H2,1-3H3,(H,31,33). The van der Waals surface area contributed by atoms with Gasteiger partial charge in [0.1, 0.15) is 5.75 Å². The zero-order valence-electron chi connectivity index (χ0n) is 19.2. The highest BCUT2D eigenvalue weighted by molar-refractivity contribution is 6.35. The second kappa shape index (κ2) is 8.97. The Labute approximate surface area is 208 Å². The lowest BCUT2D eigenvalue weighted by Gasteiger charge is -2.25. The Kier molecular flexibility index (Phi) is 6.00. The largest absolute Gasteiger partial charge is 0.493 e. The first-order chi connectivity index (χ1) is 16.3. The van der Waals surface area contributed by atoms with Gasteiger partial charge in [-0.2, -0.15) is 5.10 Å².